The predicted octanol–water partition coefficient (Wildman–Crippen LogP) is 3.45. The van der Waals surface area contributed by atoms with Gasteiger partial charge >= 0.3 is 0 Å². The third kappa shape index (κ3) is 3.51. The van der Waals surface area contributed by atoms with Crippen LogP contribution in [0.3, 0.4) is 0 Å². The normalized spacial score (nSPS) is 20.8. The lowest BCUT2D eigenvalue weighted by Crippen LogP contribution is -2.49. The summed E-state index contributed by atoms with van der Waals surface area (Å²) in [5.41, 5.74) is 2.76. The third-order valence-electron chi connectivity index (χ3n) is 5.08. The zero-order valence-corrected chi connectivity index (χ0v) is 14.2. The molecule has 3 rings (SSSR count). The Morgan fingerprint density at radius 3 is 2.54 bits per heavy atom. The molecule has 24 heavy (non-hydrogen) atoms. The SMILES string of the molecule is Cc1ccccc1C(=O)N1CCCC(CO)(Cc2ccccc2)C1. The number of benzene rings is 2. The fraction of sp³-hybridized carbons (Fsp3) is 0.381. The highest BCUT2D eigenvalue weighted by molar-refractivity contribution is 5.95. The maximum absolute atomic E-state index is 12.9. The van der Waals surface area contributed by atoms with E-state index >= 15 is 0 Å². The smallest absolute Gasteiger partial charge is 0.254 e. The first-order valence-corrected chi connectivity index (χ1v) is 8.63. The summed E-state index contributed by atoms with van der Waals surface area (Å²) in [5.74, 6) is 0.0821. The second kappa shape index (κ2) is 7.18. The van der Waals surface area contributed by atoms with E-state index in [0.717, 1.165) is 36.9 Å². The van der Waals surface area contributed by atoms with E-state index in [2.05, 4.69) is 12.1 Å². The standard InChI is InChI=1S/C21H25NO2/c1-17-8-5-6-11-19(17)20(24)22-13-7-12-21(15-22,16-23)14-18-9-3-2-4-10-18/h2-6,8-11,23H,7,12-16H2,1H3. The highest BCUT2D eigenvalue weighted by atomic mass is 16.3. The molecule has 1 saturated heterocycles. The van der Waals surface area contributed by atoms with Gasteiger partial charge < -0.3 is 10.0 Å². The van der Waals surface area contributed by atoms with E-state index in [1.54, 1.807) is 0 Å². The van der Waals surface area contributed by atoms with Crippen molar-refractivity contribution in [1.29, 1.82) is 0 Å². The molecular weight excluding hydrogens is 298 g/mol. The highest BCUT2D eigenvalue weighted by Gasteiger charge is 2.37. The van der Waals surface area contributed by atoms with Gasteiger partial charge in [0.05, 0.1) is 6.61 Å². The van der Waals surface area contributed by atoms with Crippen LogP contribution in [0.15, 0.2) is 54.6 Å². The van der Waals surface area contributed by atoms with Crippen molar-refractivity contribution in [2.24, 2.45) is 5.41 Å². The molecule has 126 valence electrons. The predicted molar refractivity (Wildman–Crippen MR) is 96.0 cm³/mol. The Morgan fingerprint density at radius 1 is 1.12 bits per heavy atom. The molecule has 1 aliphatic rings. The molecule has 0 aromatic heterocycles. The number of nitrogens with zero attached hydrogens (tertiary/aromatic N) is 1. The van der Waals surface area contributed by atoms with Crippen molar-refractivity contribution in [3.8, 4) is 0 Å². The Labute approximate surface area is 143 Å². The van der Waals surface area contributed by atoms with Crippen LogP contribution in [0.2, 0.25) is 0 Å². The first-order valence-electron chi connectivity index (χ1n) is 8.63. The van der Waals surface area contributed by atoms with Gasteiger partial charge in [-0.2, -0.15) is 0 Å². The molecule has 1 heterocycles. The van der Waals surface area contributed by atoms with E-state index < -0.39 is 0 Å². The Morgan fingerprint density at radius 2 is 1.83 bits per heavy atom. The summed E-state index contributed by atoms with van der Waals surface area (Å²) in [6, 6.07) is 18.0. The van der Waals surface area contributed by atoms with E-state index in [-0.39, 0.29) is 17.9 Å². The van der Waals surface area contributed by atoms with Crippen LogP contribution in [0.1, 0.15) is 34.3 Å². The third-order valence-corrected chi connectivity index (χ3v) is 5.08. The van der Waals surface area contributed by atoms with Crippen molar-refractivity contribution in [2.75, 3.05) is 19.7 Å². The fourth-order valence-corrected chi connectivity index (χ4v) is 3.72. The largest absolute Gasteiger partial charge is 0.396 e. The second-order valence-corrected chi connectivity index (χ2v) is 6.97. The summed E-state index contributed by atoms with van der Waals surface area (Å²) in [7, 11) is 0. The molecular formula is C21H25NO2. The summed E-state index contributed by atoms with van der Waals surface area (Å²) in [6.07, 6.45) is 2.70. The van der Waals surface area contributed by atoms with Gasteiger partial charge in [0.25, 0.3) is 5.91 Å². The van der Waals surface area contributed by atoms with Gasteiger partial charge in [-0.15, -0.1) is 0 Å². The molecule has 0 bridgehead atoms. The summed E-state index contributed by atoms with van der Waals surface area (Å²) in [6.45, 7) is 3.47. The van der Waals surface area contributed by atoms with Crippen molar-refractivity contribution >= 4 is 5.91 Å². The molecule has 1 aliphatic heterocycles. The minimum Gasteiger partial charge on any atom is -0.396 e. The van der Waals surface area contributed by atoms with Crippen LogP contribution in [-0.4, -0.2) is 35.6 Å². The Balaban J connectivity index is 1.79. The number of rotatable bonds is 4. The fourth-order valence-electron chi connectivity index (χ4n) is 3.72. The molecule has 2 aromatic rings. The molecule has 1 fully saturated rings. The minimum atomic E-state index is -0.238. The first kappa shape index (κ1) is 16.7. The monoisotopic (exact) mass is 323 g/mol. The molecule has 0 spiro atoms. The first-order chi connectivity index (χ1) is 11.6. The number of carbonyl (C=O) groups is 1. The number of piperidine rings is 1. The maximum atomic E-state index is 12.9. The van der Waals surface area contributed by atoms with Crippen molar-refractivity contribution in [2.45, 2.75) is 26.2 Å². The van der Waals surface area contributed by atoms with Crippen molar-refractivity contribution < 1.29 is 9.90 Å². The van der Waals surface area contributed by atoms with Crippen molar-refractivity contribution in [1.82, 2.24) is 4.90 Å². The van der Waals surface area contributed by atoms with Crippen LogP contribution in [0.5, 0.6) is 0 Å². The van der Waals surface area contributed by atoms with Gasteiger partial charge in [0.15, 0.2) is 0 Å². The molecule has 3 heteroatoms. The number of hydrogen-bond donors (Lipinski definition) is 1. The molecule has 1 atom stereocenters. The van der Waals surface area contributed by atoms with Gasteiger partial charge in [0.2, 0.25) is 0 Å². The van der Waals surface area contributed by atoms with E-state index in [9.17, 15) is 9.90 Å². The molecule has 0 saturated carbocycles. The van der Waals surface area contributed by atoms with Crippen molar-refractivity contribution in [3.63, 3.8) is 0 Å². The maximum Gasteiger partial charge on any atom is 0.254 e. The molecule has 3 nitrogen and oxygen atoms in total. The summed E-state index contributed by atoms with van der Waals surface area (Å²) in [4.78, 5) is 14.8. The molecule has 0 aliphatic carbocycles. The Hall–Kier alpha value is -2.13. The van der Waals surface area contributed by atoms with Gasteiger partial charge in [-0.1, -0.05) is 48.5 Å². The number of hydrogen-bond acceptors (Lipinski definition) is 2. The molecule has 1 N–H and O–H groups in total. The number of amides is 1. The van der Waals surface area contributed by atoms with Gasteiger partial charge in [0, 0.05) is 24.1 Å². The van der Waals surface area contributed by atoms with E-state index in [1.807, 2.05) is 54.3 Å². The average Bonchev–Trinajstić information content (AvgIpc) is 2.62. The number of carbonyl (C=O) groups excluding carboxylic acids is 1. The number of aliphatic hydroxyl groups is 1. The summed E-state index contributed by atoms with van der Waals surface area (Å²) in [5, 5.41) is 10.1. The zero-order valence-electron chi connectivity index (χ0n) is 14.2. The van der Waals surface area contributed by atoms with Crippen LogP contribution >= 0.6 is 0 Å². The molecule has 1 unspecified atom stereocenters. The van der Waals surface area contributed by atoms with E-state index in [4.69, 9.17) is 0 Å². The van der Waals surface area contributed by atoms with Crippen LogP contribution in [0, 0.1) is 12.3 Å². The van der Waals surface area contributed by atoms with Crippen molar-refractivity contribution in [3.05, 3.63) is 71.3 Å². The topological polar surface area (TPSA) is 40.5 Å². The Bertz CT molecular complexity index is 698. The number of likely N-dealkylation sites (tertiary alicyclic amines) is 1. The summed E-state index contributed by atoms with van der Waals surface area (Å²) < 4.78 is 0. The molecule has 2 aromatic carbocycles. The molecule has 0 radical (unpaired) electrons. The lowest BCUT2D eigenvalue weighted by Gasteiger charge is -2.42. The summed E-state index contributed by atoms with van der Waals surface area (Å²) >= 11 is 0. The highest BCUT2D eigenvalue weighted by Crippen LogP contribution is 2.34. The van der Waals surface area contributed by atoms with Crippen LogP contribution in [0.25, 0.3) is 0 Å². The van der Waals surface area contributed by atoms with Crippen LogP contribution < -0.4 is 0 Å². The van der Waals surface area contributed by atoms with Crippen LogP contribution in [-0.2, 0) is 6.42 Å². The Kier molecular flexibility index (Phi) is 5.00. The molecule has 1 amide bonds. The lowest BCUT2D eigenvalue weighted by molar-refractivity contribution is 0.0271. The minimum absolute atomic E-state index is 0.0821. The van der Waals surface area contributed by atoms with Gasteiger partial charge in [0.1, 0.15) is 0 Å². The number of aliphatic hydroxyl groups excluding tert-OH is 1. The van der Waals surface area contributed by atoms with Gasteiger partial charge in [-0.3, -0.25) is 4.79 Å². The number of aryl methyl sites for hydroxylation is 1. The van der Waals surface area contributed by atoms with Gasteiger partial charge in [-0.05, 0) is 43.4 Å². The van der Waals surface area contributed by atoms with E-state index in [0.29, 0.717) is 6.54 Å². The van der Waals surface area contributed by atoms with E-state index in [1.165, 1.54) is 5.56 Å². The quantitative estimate of drug-likeness (QED) is 0.936. The lowest BCUT2D eigenvalue weighted by atomic mass is 9.75. The van der Waals surface area contributed by atoms with Gasteiger partial charge in [-0.25, -0.2) is 0 Å². The average molecular weight is 323 g/mol. The second-order valence-electron chi connectivity index (χ2n) is 6.97. The zero-order chi connectivity index (χ0) is 17.0. The van der Waals surface area contributed by atoms with Crippen LogP contribution in [0.4, 0.5) is 0 Å².